The molecule has 10 rings (SSSR count). The van der Waals surface area contributed by atoms with Crippen LogP contribution in [0.15, 0.2) is 212 Å². The normalized spacial score (nSPS) is 11.0. The van der Waals surface area contributed by atoms with Gasteiger partial charge in [0.2, 0.25) is 0 Å². The molecule has 0 fully saturated rings. The molecule has 2 heterocycles. The molecule has 0 atom stereocenters. The van der Waals surface area contributed by atoms with E-state index in [0.29, 0.717) is 17.2 Å². The number of hydrogen-bond acceptors (Lipinski definition) is 5. The molecule has 0 unspecified atom stereocenters. The molecule has 280 valence electrons. The number of rotatable bonds is 8. The summed E-state index contributed by atoms with van der Waals surface area (Å²) in [5, 5.41) is 10.6. The molecule has 0 spiro atoms. The molecule has 8 aromatic carbocycles. The average Bonchev–Trinajstić information content (AvgIpc) is 3.34. The predicted molar refractivity (Wildman–Crippen MR) is 243 cm³/mol. The third-order valence-corrected chi connectivity index (χ3v) is 10.7. The van der Waals surface area contributed by atoms with Crippen molar-refractivity contribution in [2.75, 3.05) is 0 Å². The van der Waals surface area contributed by atoms with Gasteiger partial charge in [-0.2, -0.15) is 5.26 Å². The smallest absolute Gasteiger partial charge is 0.161 e. The molecule has 5 nitrogen and oxygen atoms in total. The third kappa shape index (κ3) is 7.22. The lowest BCUT2D eigenvalue weighted by Gasteiger charge is -2.14. The summed E-state index contributed by atoms with van der Waals surface area (Å²) < 4.78 is 0. The Kier molecular flexibility index (Phi) is 9.55. The van der Waals surface area contributed by atoms with Crippen molar-refractivity contribution in [2.24, 2.45) is 0 Å². The maximum absolute atomic E-state index is 9.55. The molecule has 0 amide bonds. The van der Waals surface area contributed by atoms with Gasteiger partial charge in [0.25, 0.3) is 0 Å². The van der Waals surface area contributed by atoms with Gasteiger partial charge in [0, 0.05) is 33.2 Å². The van der Waals surface area contributed by atoms with Crippen molar-refractivity contribution < 1.29 is 0 Å². The summed E-state index contributed by atoms with van der Waals surface area (Å²) in [6.45, 7) is 0. The third-order valence-electron chi connectivity index (χ3n) is 10.7. The minimum absolute atomic E-state index is 0.624. The van der Waals surface area contributed by atoms with Crippen molar-refractivity contribution in [3.05, 3.63) is 218 Å². The van der Waals surface area contributed by atoms with Crippen LogP contribution in [0.1, 0.15) is 5.56 Å². The molecule has 2 aromatic heterocycles. The predicted octanol–water partition coefficient (Wildman–Crippen LogP) is 13.6. The van der Waals surface area contributed by atoms with Gasteiger partial charge in [0.05, 0.1) is 34.2 Å². The van der Waals surface area contributed by atoms with Crippen LogP contribution in [0, 0.1) is 11.3 Å². The average molecular weight is 766 g/mol. The van der Waals surface area contributed by atoms with Crippen molar-refractivity contribution in [1.29, 1.82) is 5.26 Å². The molecular weight excluding hydrogens is 731 g/mol. The van der Waals surface area contributed by atoms with Crippen LogP contribution in [0.3, 0.4) is 0 Å². The highest BCUT2D eigenvalue weighted by atomic mass is 14.9. The monoisotopic (exact) mass is 765 g/mol. The molecule has 0 N–H and O–H groups in total. The Morgan fingerprint density at radius 3 is 1.53 bits per heavy atom. The van der Waals surface area contributed by atoms with E-state index in [4.69, 9.17) is 19.9 Å². The quantitative estimate of drug-likeness (QED) is 0.154. The summed E-state index contributed by atoms with van der Waals surface area (Å²) >= 11 is 0. The minimum Gasteiger partial charge on any atom is -0.228 e. The summed E-state index contributed by atoms with van der Waals surface area (Å²) in [6, 6.07) is 74.5. The van der Waals surface area contributed by atoms with Gasteiger partial charge in [-0.15, -0.1) is 0 Å². The van der Waals surface area contributed by atoms with E-state index < -0.39 is 0 Å². The fourth-order valence-electron chi connectivity index (χ4n) is 7.75. The Morgan fingerprint density at radius 1 is 0.317 bits per heavy atom. The summed E-state index contributed by atoms with van der Waals surface area (Å²) in [4.78, 5) is 20.5. The lowest BCUT2D eigenvalue weighted by Crippen LogP contribution is -1.97. The van der Waals surface area contributed by atoms with Gasteiger partial charge in [0.1, 0.15) is 0 Å². The van der Waals surface area contributed by atoms with Crippen LogP contribution >= 0.6 is 0 Å². The standard InChI is InChI=1S/C55H35N5/c56-36-37-15-11-20-40(31-37)42-22-13-25-45(33-42)52-35-51(38-16-3-1-4-17-38)58-55(59-52)48-28-8-7-27-47(48)44-24-12-21-41(32-44)43-23-14-26-46(34-43)53-49-29-9-10-30-50(49)57-54(60-53)39-18-5-2-6-19-39/h1-35H. The summed E-state index contributed by atoms with van der Waals surface area (Å²) in [7, 11) is 0. The largest absolute Gasteiger partial charge is 0.228 e. The fourth-order valence-corrected chi connectivity index (χ4v) is 7.75. The summed E-state index contributed by atoms with van der Waals surface area (Å²) in [5.74, 6) is 1.34. The Labute approximate surface area is 348 Å². The maximum atomic E-state index is 9.55. The SMILES string of the molecule is N#Cc1cccc(-c2cccc(-c3cc(-c4ccccc4)nc(-c4ccccc4-c4cccc(-c5cccc(-c6nc(-c7ccccc7)nc7ccccc67)c5)c4)n3)c2)c1. The van der Waals surface area contributed by atoms with E-state index in [0.717, 1.165) is 89.2 Å². The van der Waals surface area contributed by atoms with Gasteiger partial charge in [-0.3, -0.25) is 0 Å². The van der Waals surface area contributed by atoms with E-state index in [1.54, 1.807) is 0 Å². The van der Waals surface area contributed by atoms with Crippen LogP contribution in [-0.4, -0.2) is 19.9 Å². The van der Waals surface area contributed by atoms with Crippen molar-refractivity contribution in [3.8, 4) is 96.0 Å². The Morgan fingerprint density at radius 2 is 0.817 bits per heavy atom. The molecule has 10 aromatic rings. The topological polar surface area (TPSA) is 75.3 Å². The number of para-hydroxylation sites is 1. The molecule has 0 saturated carbocycles. The Bertz CT molecular complexity index is 3220. The van der Waals surface area contributed by atoms with E-state index in [1.807, 2.05) is 103 Å². The highest BCUT2D eigenvalue weighted by molar-refractivity contribution is 5.94. The van der Waals surface area contributed by atoms with Crippen molar-refractivity contribution in [1.82, 2.24) is 19.9 Å². The number of fused-ring (bicyclic) bond motifs is 1. The number of nitrogens with zero attached hydrogens (tertiary/aromatic N) is 5. The van der Waals surface area contributed by atoms with Gasteiger partial charge in [-0.1, -0.05) is 170 Å². The van der Waals surface area contributed by atoms with Gasteiger partial charge in [-0.05, 0) is 75.8 Å². The maximum Gasteiger partial charge on any atom is 0.161 e. The molecule has 0 aliphatic carbocycles. The van der Waals surface area contributed by atoms with E-state index in [9.17, 15) is 5.26 Å². The van der Waals surface area contributed by atoms with Crippen LogP contribution in [0.5, 0.6) is 0 Å². The summed E-state index contributed by atoms with van der Waals surface area (Å²) in [5.41, 5.74) is 15.2. The van der Waals surface area contributed by atoms with Crippen molar-refractivity contribution in [2.45, 2.75) is 0 Å². The second-order valence-corrected chi connectivity index (χ2v) is 14.6. The van der Waals surface area contributed by atoms with Crippen LogP contribution in [0.25, 0.3) is 101 Å². The second kappa shape index (κ2) is 15.9. The highest BCUT2D eigenvalue weighted by Crippen LogP contribution is 2.37. The molecule has 0 bridgehead atoms. The second-order valence-electron chi connectivity index (χ2n) is 14.6. The first kappa shape index (κ1) is 36.0. The van der Waals surface area contributed by atoms with Crippen molar-refractivity contribution in [3.63, 3.8) is 0 Å². The van der Waals surface area contributed by atoms with Gasteiger partial charge in [0.15, 0.2) is 11.6 Å². The van der Waals surface area contributed by atoms with Gasteiger partial charge < -0.3 is 0 Å². The van der Waals surface area contributed by atoms with E-state index >= 15 is 0 Å². The number of aromatic nitrogens is 4. The van der Waals surface area contributed by atoms with Crippen LogP contribution in [-0.2, 0) is 0 Å². The number of nitriles is 1. The van der Waals surface area contributed by atoms with Crippen molar-refractivity contribution >= 4 is 10.9 Å². The molecule has 60 heavy (non-hydrogen) atoms. The zero-order chi connectivity index (χ0) is 40.3. The molecule has 0 aliphatic rings. The lowest BCUT2D eigenvalue weighted by molar-refractivity contribution is 1.18. The van der Waals surface area contributed by atoms with Crippen LogP contribution in [0.4, 0.5) is 0 Å². The molecule has 0 radical (unpaired) electrons. The van der Waals surface area contributed by atoms with E-state index in [2.05, 4.69) is 115 Å². The summed E-state index contributed by atoms with van der Waals surface area (Å²) in [6.07, 6.45) is 0. The van der Waals surface area contributed by atoms with Gasteiger partial charge in [-0.25, -0.2) is 19.9 Å². The van der Waals surface area contributed by atoms with Gasteiger partial charge >= 0.3 is 0 Å². The first-order chi connectivity index (χ1) is 29.7. The lowest BCUT2D eigenvalue weighted by atomic mass is 9.94. The van der Waals surface area contributed by atoms with Crippen LogP contribution < -0.4 is 0 Å². The van der Waals surface area contributed by atoms with E-state index in [-0.39, 0.29) is 0 Å². The Balaban J connectivity index is 1.06. The zero-order valence-electron chi connectivity index (χ0n) is 32.4. The number of hydrogen-bond donors (Lipinski definition) is 0. The highest BCUT2D eigenvalue weighted by Gasteiger charge is 2.17. The first-order valence-electron chi connectivity index (χ1n) is 19.9. The van der Waals surface area contributed by atoms with E-state index in [1.165, 1.54) is 0 Å². The minimum atomic E-state index is 0.624. The first-order valence-corrected chi connectivity index (χ1v) is 19.9. The number of benzene rings is 8. The molecule has 0 saturated heterocycles. The zero-order valence-corrected chi connectivity index (χ0v) is 32.4. The molecule has 0 aliphatic heterocycles. The molecule has 5 heteroatoms. The Hall–Kier alpha value is -8.33. The molecular formula is C55H35N5. The fraction of sp³-hybridized carbons (Fsp3) is 0. The van der Waals surface area contributed by atoms with Crippen LogP contribution in [0.2, 0.25) is 0 Å².